The lowest BCUT2D eigenvalue weighted by Crippen LogP contribution is -2.37. The number of rotatable bonds is 6. The second-order valence-corrected chi connectivity index (χ2v) is 8.44. The lowest BCUT2D eigenvalue weighted by Gasteiger charge is -2.26. The fourth-order valence-corrected chi connectivity index (χ4v) is 4.86. The van der Waals surface area contributed by atoms with Crippen LogP contribution in [0.2, 0.25) is 0 Å². The van der Waals surface area contributed by atoms with Crippen molar-refractivity contribution in [2.24, 2.45) is 5.92 Å². The zero-order chi connectivity index (χ0) is 13.9. The van der Waals surface area contributed by atoms with E-state index in [4.69, 9.17) is 11.6 Å². The Morgan fingerprint density at radius 3 is 2.44 bits per heavy atom. The van der Waals surface area contributed by atoms with E-state index >= 15 is 0 Å². The van der Waals surface area contributed by atoms with Crippen LogP contribution in [-0.4, -0.2) is 31.7 Å². The Morgan fingerprint density at radius 2 is 1.94 bits per heavy atom. The smallest absolute Gasteiger partial charge is 0.206 e. The summed E-state index contributed by atoms with van der Waals surface area (Å²) in [6, 6.07) is 3.49. The highest BCUT2D eigenvalue weighted by molar-refractivity contribution is 7.91. The summed E-state index contributed by atoms with van der Waals surface area (Å²) in [5.41, 5.74) is 0. The molecular formula is C12H20ClNO2S2. The van der Waals surface area contributed by atoms with Crippen LogP contribution in [-0.2, 0) is 16.4 Å². The Kier molecular flexibility index (Phi) is 5.65. The largest absolute Gasteiger partial charge is 0.252 e. The number of halogens is 1. The molecule has 1 aromatic rings. The predicted molar refractivity (Wildman–Crippen MR) is 78.0 cm³/mol. The van der Waals surface area contributed by atoms with Crippen LogP contribution < -0.4 is 0 Å². The molecule has 6 heteroatoms. The Hall–Kier alpha value is -0.100. The molecule has 0 aliphatic carbocycles. The van der Waals surface area contributed by atoms with Crippen molar-refractivity contribution in [1.29, 1.82) is 0 Å². The Morgan fingerprint density at radius 1 is 1.33 bits per heavy atom. The number of hydrogen-bond donors (Lipinski definition) is 0. The van der Waals surface area contributed by atoms with Gasteiger partial charge in [-0.25, -0.2) is 8.42 Å². The molecule has 18 heavy (non-hydrogen) atoms. The van der Waals surface area contributed by atoms with Crippen molar-refractivity contribution >= 4 is 33.0 Å². The van der Waals surface area contributed by atoms with E-state index in [1.165, 1.54) is 15.6 Å². The average Bonchev–Trinajstić information content (AvgIpc) is 2.76. The molecule has 0 saturated carbocycles. The van der Waals surface area contributed by atoms with Gasteiger partial charge >= 0.3 is 0 Å². The number of hydrogen-bond acceptors (Lipinski definition) is 3. The quantitative estimate of drug-likeness (QED) is 0.757. The maximum absolute atomic E-state index is 12.4. The summed E-state index contributed by atoms with van der Waals surface area (Å²) in [5, 5.41) is 0. The van der Waals surface area contributed by atoms with Gasteiger partial charge in [0, 0.05) is 23.8 Å². The van der Waals surface area contributed by atoms with Crippen LogP contribution in [0.1, 0.15) is 25.6 Å². The minimum atomic E-state index is -3.37. The van der Waals surface area contributed by atoms with E-state index in [0.29, 0.717) is 16.5 Å². The van der Waals surface area contributed by atoms with Crippen LogP contribution in [0.15, 0.2) is 16.3 Å². The van der Waals surface area contributed by atoms with Gasteiger partial charge in [0.05, 0.1) is 0 Å². The Balaban J connectivity index is 2.98. The van der Waals surface area contributed by atoms with Crippen molar-refractivity contribution in [2.45, 2.75) is 37.4 Å². The zero-order valence-corrected chi connectivity index (χ0v) is 13.6. The molecule has 0 radical (unpaired) electrons. The molecule has 0 amide bonds. The second-order valence-electron chi connectivity index (χ2n) is 4.67. The standard InChI is InChI=1S/C12H20ClNO2S2/c1-9(2)10(3)14(4)18(15,16)12-6-5-11(17-12)7-8-13/h5-6,9-10H,7-8H2,1-4H3. The number of thiophene rings is 1. The second kappa shape index (κ2) is 6.37. The van der Waals surface area contributed by atoms with Crippen molar-refractivity contribution in [3.8, 4) is 0 Å². The monoisotopic (exact) mass is 309 g/mol. The van der Waals surface area contributed by atoms with Gasteiger partial charge in [0.25, 0.3) is 10.0 Å². The molecule has 0 spiro atoms. The van der Waals surface area contributed by atoms with Gasteiger partial charge in [-0.15, -0.1) is 22.9 Å². The summed E-state index contributed by atoms with van der Waals surface area (Å²) in [7, 11) is -1.73. The molecule has 0 aromatic carbocycles. The molecule has 104 valence electrons. The third-order valence-corrected chi connectivity index (χ3v) is 6.90. The minimum absolute atomic E-state index is 0.0198. The van der Waals surface area contributed by atoms with E-state index < -0.39 is 10.0 Å². The van der Waals surface area contributed by atoms with Crippen LogP contribution in [0.5, 0.6) is 0 Å². The van der Waals surface area contributed by atoms with Crippen LogP contribution in [0, 0.1) is 5.92 Å². The van der Waals surface area contributed by atoms with Gasteiger partial charge < -0.3 is 0 Å². The SMILES string of the molecule is CC(C)C(C)N(C)S(=O)(=O)c1ccc(CCCl)s1. The van der Waals surface area contributed by atoms with Crippen LogP contribution >= 0.6 is 22.9 Å². The highest BCUT2D eigenvalue weighted by Gasteiger charge is 2.28. The zero-order valence-electron chi connectivity index (χ0n) is 11.2. The van der Waals surface area contributed by atoms with Gasteiger partial charge in [-0.3, -0.25) is 0 Å². The highest BCUT2D eigenvalue weighted by atomic mass is 35.5. The summed E-state index contributed by atoms with van der Waals surface area (Å²) in [6.45, 7) is 5.96. The van der Waals surface area contributed by atoms with Crippen molar-refractivity contribution in [3.05, 3.63) is 17.0 Å². The van der Waals surface area contributed by atoms with E-state index in [1.54, 1.807) is 13.1 Å². The fourth-order valence-electron chi connectivity index (χ4n) is 1.51. The lowest BCUT2D eigenvalue weighted by molar-refractivity contribution is 0.316. The maximum Gasteiger partial charge on any atom is 0.252 e. The first-order valence-corrected chi connectivity index (χ1v) is 8.72. The van der Waals surface area contributed by atoms with Gasteiger partial charge in [0.15, 0.2) is 0 Å². The highest BCUT2D eigenvalue weighted by Crippen LogP contribution is 2.27. The first kappa shape index (κ1) is 16.0. The third-order valence-electron chi connectivity index (χ3n) is 3.15. The van der Waals surface area contributed by atoms with Crippen molar-refractivity contribution < 1.29 is 8.42 Å². The molecule has 1 atom stereocenters. The molecule has 0 aliphatic heterocycles. The summed E-state index contributed by atoms with van der Waals surface area (Å²) >= 11 is 6.97. The molecule has 0 fully saturated rings. The summed E-state index contributed by atoms with van der Waals surface area (Å²) in [5.74, 6) is 0.796. The van der Waals surface area contributed by atoms with E-state index in [0.717, 1.165) is 4.88 Å². The molecule has 3 nitrogen and oxygen atoms in total. The van der Waals surface area contributed by atoms with E-state index in [9.17, 15) is 8.42 Å². The first-order chi connectivity index (χ1) is 8.30. The fraction of sp³-hybridized carbons (Fsp3) is 0.667. The average molecular weight is 310 g/mol. The Labute approximate surface area is 119 Å². The van der Waals surface area contributed by atoms with Crippen molar-refractivity contribution in [3.63, 3.8) is 0 Å². The number of sulfonamides is 1. The van der Waals surface area contributed by atoms with Gasteiger partial charge in [-0.2, -0.15) is 4.31 Å². The van der Waals surface area contributed by atoms with E-state index in [2.05, 4.69) is 0 Å². The Bertz CT molecular complexity index is 482. The number of nitrogens with zero attached hydrogens (tertiary/aromatic N) is 1. The van der Waals surface area contributed by atoms with Gasteiger partial charge in [0.1, 0.15) is 4.21 Å². The van der Waals surface area contributed by atoms with E-state index in [1.807, 2.05) is 26.8 Å². The molecule has 0 saturated heterocycles. The van der Waals surface area contributed by atoms with Gasteiger partial charge in [0.2, 0.25) is 0 Å². The first-order valence-electron chi connectivity index (χ1n) is 5.93. The number of aryl methyl sites for hydroxylation is 1. The molecular weight excluding hydrogens is 290 g/mol. The summed E-state index contributed by atoms with van der Waals surface area (Å²) in [4.78, 5) is 1.01. The van der Waals surface area contributed by atoms with Crippen molar-refractivity contribution in [1.82, 2.24) is 4.31 Å². The normalized spacial score (nSPS) is 14.4. The van der Waals surface area contributed by atoms with Gasteiger partial charge in [-0.05, 0) is 31.4 Å². The third kappa shape index (κ3) is 3.47. The van der Waals surface area contributed by atoms with Crippen LogP contribution in [0.25, 0.3) is 0 Å². The molecule has 1 aromatic heterocycles. The predicted octanol–water partition coefficient (Wildman–Crippen LogP) is 3.19. The molecule has 1 rings (SSSR count). The molecule has 0 bridgehead atoms. The summed E-state index contributed by atoms with van der Waals surface area (Å²) < 4.78 is 26.7. The molecule has 1 unspecified atom stereocenters. The van der Waals surface area contributed by atoms with E-state index in [-0.39, 0.29) is 12.0 Å². The minimum Gasteiger partial charge on any atom is -0.206 e. The summed E-state index contributed by atoms with van der Waals surface area (Å²) in [6.07, 6.45) is 0.713. The number of alkyl halides is 1. The van der Waals surface area contributed by atoms with Gasteiger partial charge in [-0.1, -0.05) is 13.8 Å². The maximum atomic E-state index is 12.4. The van der Waals surface area contributed by atoms with Crippen LogP contribution in [0.3, 0.4) is 0 Å². The topological polar surface area (TPSA) is 37.4 Å². The van der Waals surface area contributed by atoms with Crippen LogP contribution in [0.4, 0.5) is 0 Å². The molecule has 0 N–H and O–H groups in total. The van der Waals surface area contributed by atoms with Crippen molar-refractivity contribution in [2.75, 3.05) is 12.9 Å². The lowest BCUT2D eigenvalue weighted by atomic mass is 10.1. The molecule has 1 heterocycles. The molecule has 0 aliphatic rings.